The van der Waals surface area contributed by atoms with Crippen LogP contribution in [-0.2, 0) is 0 Å². The van der Waals surface area contributed by atoms with Crippen LogP contribution >= 0.6 is 0 Å². The Morgan fingerprint density at radius 2 is 1.71 bits per heavy atom. The molecule has 0 aliphatic heterocycles. The first-order valence-electron chi connectivity index (χ1n) is 9.59. The van der Waals surface area contributed by atoms with Crippen molar-refractivity contribution in [2.45, 2.75) is 6.92 Å². The number of pyridine rings is 1. The summed E-state index contributed by atoms with van der Waals surface area (Å²) >= 11 is 0. The number of fused-ring (bicyclic) bond motifs is 1. The Morgan fingerprint density at radius 1 is 0.871 bits per heavy atom. The number of hydrogen-bond acceptors (Lipinski definition) is 4. The van der Waals surface area contributed by atoms with Gasteiger partial charge in [-0.1, -0.05) is 11.3 Å². The summed E-state index contributed by atoms with van der Waals surface area (Å²) in [5, 5.41) is 9.12. The molecule has 0 saturated heterocycles. The summed E-state index contributed by atoms with van der Waals surface area (Å²) in [6.07, 6.45) is 1.74. The normalized spacial score (nSPS) is 11.1. The molecule has 0 aliphatic rings. The summed E-state index contributed by atoms with van der Waals surface area (Å²) in [5.74, 6) is 0.592. The van der Waals surface area contributed by atoms with E-state index in [4.69, 9.17) is 4.74 Å². The fraction of sp³-hybridized carbons (Fsp3) is 0.0417. The minimum absolute atomic E-state index is 0.273. The second-order valence-electron chi connectivity index (χ2n) is 7.06. The Labute approximate surface area is 176 Å². The van der Waals surface area contributed by atoms with Crippen molar-refractivity contribution in [2.24, 2.45) is 0 Å². The largest absolute Gasteiger partial charge is 0.457 e. The van der Waals surface area contributed by atoms with E-state index in [1.54, 1.807) is 42.1 Å². The maximum atomic E-state index is 13.5. The molecule has 0 atom stereocenters. The van der Waals surface area contributed by atoms with Gasteiger partial charge in [-0.15, -0.1) is 5.10 Å². The van der Waals surface area contributed by atoms with E-state index < -0.39 is 0 Å². The third kappa shape index (κ3) is 3.73. The van der Waals surface area contributed by atoms with E-state index in [1.165, 1.54) is 18.2 Å². The zero-order chi connectivity index (χ0) is 21.4. The summed E-state index contributed by atoms with van der Waals surface area (Å²) < 4.78 is 34.2. The van der Waals surface area contributed by atoms with Crippen LogP contribution in [0.4, 0.5) is 8.78 Å². The number of halogens is 2. The van der Waals surface area contributed by atoms with E-state index >= 15 is 0 Å². The molecule has 2 aromatic heterocycles. The number of aryl methyl sites for hydroxylation is 1. The Balaban J connectivity index is 1.47. The molecule has 2 heterocycles. The zero-order valence-electron chi connectivity index (χ0n) is 16.5. The van der Waals surface area contributed by atoms with Crippen molar-refractivity contribution in [3.05, 3.63) is 96.2 Å². The number of nitrogens with zero attached hydrogens (tertiary/aromatic N) is 4. The Hall–Kier alpha value is -4.13. The Bertz CT molecular complexity index is 1400. The van der Waals surface area contributed by atoms with Crippen LogP contribution in [0.5, 0.6) is 11.5 Å². The van der Waals surface area contributed by atoms with Gasteiger partial charge in [0.15, 0.2) is 0 Å². The lowest BCUT2D eigenvalue weighted by molar-refractivity contribution is 0.485. The van der Waals surface area contributed by atoms with Crippen molar-refractivity contribution in [3.63, 3.8) is 0 Å². The van der Waals surface area contributed by atoms with E-state index in [9.17, 15) is 8.78 Å². The quantitative estimate of drug-likeness (QED) is 0.370. The lowest BCUT2D eigenvalue weighted by Crippen LogP contribution is -1.94. The van der Waals surface area contributed by atoms with Crippen LogP contribution in [0.15, 0.2) is 79.0 Å². The Morgan fingerprint density at radius 3 is 2.52 bits per heavy atom. The van der Waals surface area contributed by atoms with Crippen LogP contribution in [0.1, 0.15) is 5.56 Å². The first-order valence-corrected chi connectivity index (χ1v) is 9.59. The average molecular weight is 414 g/mol. The predicted molar refractivity (Wildman–Crippen MR) is 113 cm³/mol. The predicted octanol–water partition coefficient (Wildman–Crippen LogP) is 5.86. The van der Waals surface area contributed by atoms with Gasteiger partial charge in [-0.3, -0.25) is 0 Å². The highest BCUT2D eigenvalue weighted by Crippen LogP contribution is 2.31. The molecule has 0 saturated carbocycles. The van der Waals surface area contributed by atoms with E-state index in [0.29, 0.717) is 34.1 Å². The molecule has 152 valence electrons. The molecule has 3 aromatic carbocycles. The smallest absolute Gasteiger partial charge is 0.136 e. The fourth-order valence-electron chi connectivity index (χ4n) is 3.27. The highest BCUT2D eigenvalue weighted by Gasteiger charge is 2.11. The maximum absolute atomic E-state index is 13.5. The SMILES string of the molecule is Cc1cc(Oc2cccc3nc(-c4cn(-c5ccc(F)cc5)nn4)ccc23)ccc1F. The lowest BCUT2D eigenvalue weighted by Gasteiger charge is -2.10. The standard InChI is InChI=1S/C24H16F2N4O/c1-15-13-18(9-11-20(15)26)31-24-4-2-3-21-19(24)10-12-22(27-21)23-14-30(29-28-23)17-7-5-16(25)6-8-17/h2-14H,1H3. The molecular weight excluding hydrogens is 398 g/mol. The van der Waals surface area contributed by atoms with Gasteiger partial charge in [0.25, 0.3) is 0 Å². The zero-order valence-corrected chi connectivity index (χ0v) is 16.5. The molecule has 5 aromatic rings. The second kappa shape index (κ2) is 7.60. The molecule has 5 rings (SSSR count). The molecule has 0 bridgehead atoms. The van der Waals surface area contributed by atoms with Crippen LogP contribution in [0, 0.1) is 18.6 Å². The third-order valence-corrected chi connectivity index (χ3v) is 4.90. The Kier molecular flexibility index (Phi) is 4.63. The van der Waals surface area contributed by atoms with Crippen LogP contribution < -0.4 is 4.74 Å². The van der Waals surface area contributed by atoms with Crippen molar-refractivity contribution in [1.29, 1.82) is 0 Å². The molecule has 7 heteroatoms. The minimum atomic E-state index is -0.311. The summed E-state index contributed by atoms with van der Waals surface area (Å²) in [6.45, 7) is 1.69. The summed E-state index contributed by atoms with van der Waals surface area (Å²) in [7, 11) is 0. The van der Waals surface area contributed by atoms with Gasteiger partial charge in [-0.2, -0.15) is 0 Å². The molecule has 0 spiro atoms. The lowest BCUT2D eigenvalue weighted by atomic mass is 10.1. The van der Waals surface area contributed by atoms with E-state index in [1.807, 2.05) is 30.3 Å². The molecule has 0 amide bonds. The van der Waals surface area contributed by atoms with Crippen LogP contribution in [-0.4, -0.2) is 20.0 Å². The van der Waals surface area contributed by atoms with Crippen molar-refractivity contribution >= 4 is 10.9 Å². The summed E-state index contributed by atoms with van der Waals surface area (Å²) in [4.78, 5) is 4.68. The molecule has 0 fully saturated rings. The van der Waals surface area contributed by atoms with Crippen LogP contribution in [0.25, 0.3) is 28.0 Å². The molecular formula is C24H16F2N4O. The monoisotopic (exact) mass is 414 g/mol. The van der Waals surface area contributed by atoms with Crippen molar-refractivity contribution < 1.29 is 13.5 Å². The summed E-state index contributed by atoms with van der Waals surface area (Å²) in [5.41, 5.74) is 3.18. The average Bonchev–Trinajstić information content (AvgIpc) is 3.27. The third-order valence-electron chi connectivity index (χ3n) is 4.90. The van der Waals surface area contributed by atoms with Gasteiger partial charge < -0.3 is 4.74 Å². The van der Waals surface area contributed by atoms with Crippen LogP contribution in [0.2, 0.25) is 0 Å². The topological polar surface area (TPSA) is 52.8 Å². The van der Waals surface area contributed by atoms with Gasteiger partial charge >= 0.3 is 0 Å². The molecule has 31 heavy (non-hydrogen) atoms. The van der Waals surface area contributed by atoms with Crippen molar-refractivity contribution in [1.82, 2.24) is 20.0 Å². The number of hydrogen-bond donors (Lipinski definition) is 0. The fourth-order valence-corrected chi connectivity index (χ4v) is 3.27. The first-order chi connectivity index (χ1) is 15.1. The van der Waals surface area contributed by atoms with Gasteiger partial charge in [-0.05, 0) is 79.2 Å². The van der Waals surface area contributed by atoms with Crippen molar-refractivity contribution in [3.8, 4) is 28.6 Å². The van der Waals surface area contributed by atoms with Gasteiger partial charge in [0.05, 0.1) is 23.1 Å². The van der Waals surface area contributed by atoms with Gasteiger partial charge in [0.2, 0.25) is 0 Å². The number of ether oxygens (including phenoxy) is 1. The van der Waals surface area contributed by atoms with E-state index in [2.05, 4.69) is 15.3 Å². The van der Waals surface area contributed by atoms with E-state index in [-0.39, 0.29) is 11.6 Å². The first kappa shape index (κ1) is 18.9. The summed E-state index contributed by atoms with van der Waals surface area (Å²) in [6, 6.07) is 19.9. The molecule has 0 unspecified atom stereocenters. The van der Waals surface area contributed by atoms with Gasteiger partial charge in [0, 0.05) is 5.39 Å². The molecule has 0 radical (unpaired) electrons. The van der Waals surface area contributed by atoms with E-state index in [0.717, 1.165) is 10.9 Å². The number of benzene rings is 3. The van der Waals surface area contributed by atoms with Gasteiger partial charge in [0.1, 0.15) is 28.8 Å². The van der Waals surface area contributed by atoms with Crippen LogP contribution in [0.3, 0.4) is 0 Å². The van der Waals surface area contributed by atoms with Gasteiger partial charge in [-0.25, -0.2) is 18.4 Å². The molecule has 0 N–H and O–H groups in total. The number of aromatic nitrogens is 4. The highest BCUT2D eigenvalue weighted by atomic mass is 19.1. The number of rotatable bonds is 4. The minimum Gasteiger partial charge on any atom is -0.457 e. The molecule has 5 nitrogen and oxygen atoms in total. The molecule has 0 aliphatic carbocycles. The highest BCUT2D eigenvalue weighted by molar-refractivity contribution is 5.87. The van der Waals surface area contributed by atoms with Crippen molar-refractivity contribution in [2.75, 3.05) is 0 Å². The maximum Gasteiger partial charge on any atom is 0.136 e. The second-order valence-corrected chi connectivity index (χ2v) is 7.06.